The highest BCUT2D eigenvalue weighted by atomic mass is 16.4. The molecule has 15 heavy (non-hydrogen) atoms. The second kappa shape index (κ2) is 2.95. The van der Waals surface area contributed by atoms with Crippen LogP contribution in [0.5, 0.6) is 0 Å². The van der Waals surface area contributed by atoms with E-state index in [-0.39, 0.29) is 5.41 Å². The molecule has 4 heteroatoms. The van der Waals surface area contributed by atoms with E-state index in [1.807, 2.05) is 6.92 Å². The Balaban J connectivity index is 2.91. The van der Waals surface area contributed by atoms with Gasteiger partial charge in [0.25, 0.3) is 0 Å². The summed E-state index contributed by atoms with van der Waals surface area (Å²) in [5.74, 6) is -0.450. The first-order valence-corrected chi connectivity index (χ1v) is 4.88. The van der Waals surface area contributed by atoms with E-state index in [1.54, 1.807) is 6.20 Å². The van der Waals surface area contributed by atoms with Crippen LogP contribution in [0, 0.1) is 6.92 Å². The molecule has 0 aliphatic heterocycles. The Kier molecular flexibility index (Phi) is 1.96. The molecule has 0 fully saturated rings. The molecule has 0 bridgehead atoms. The van der Waals surface area contributed by atoms with E-state index in [9.17, 15) is 4.79 Å². The van der Waals surface area contributed by atoms with Gasteiger partial charge in [0.15, 0.2) is 11.2 Å². The van der Waals surface area contributed by atoms with Gasteiger partial charge in [-0.05, 0) is 17.9 Å². The number of oxazole rings is 1. The number of pyridine rings is 1. The van der Waals surface area contributed by atoms with Gasteiger partial charge in [0, 0.05) is 11.8 Å². The second-order valence-corrected chi connectivity index (χ2v) is 4.76. The van der Waals surface area contributed by atoms with Crippen LogP contribution in [0.2, 0.25) is 0 Å². The minimum absolute atomic E-state index is 0.0661. The van der Waals surface area contributed by atoms with Crippen molar-refractivity contribution in [1.29, 1.82) is 0 Å². The van der Waals surface area contributed by atoms with Crippen molar-refractivity contribution in [3.63, 3.8) is 0 Å². The van der Waals surface area contributed by atoms with Crippen molar-refractivity contribution in [2.45, 2.75) is 33.1 Å². The fourth-order valence-electron chi connectivity index (χ4n) is 1.92. The van der Waals surface area contributed by atoms with E-state index < -0.39 is 5.76 Å². The molecule has 1 N–H and O–H groups in total. The molecular weight excluding hydrogens is 192 g/mol. The van der Waals surface area contributed by atoms with Gasteiger partial charge in [0.2, 0.25) is 0 Å². The third kappa shape index (κ3) is 1.56. The number of nitrogens with one attached hydrogen (secondary N) is 1. The van der Waals surface area contributed by atoms with E-state index in [0.717, 1.165) is 11.1 Å². The Morgan fingerprint density at radius 2 is 2.07 bits per heavy atom. The van der Waals surface area contributed by atoms with Gasteiger partial charge in [0.05, 0.1) is 0 Å². The maximum Gasteiger partial charge on any atom is 0.418 e. The van der Waals surface area contributed by atoms with Crippen LogP contribution in [0.1, 0.15) is 31.9 Å². The average Bonchev–Trinajstić information content (AvgIpc) is 2.41. The molecule has 0 atom stereocenters. The average molecular weight is 206 g/mol. The predicted octanol–water partition coefficient (Wildman–Crippen LogP) is 2.12. The Morgan fingerprint density at radius 1 is 1.40 bits per heavy atom. The van der Waals surface area contributed by atoms with Crippen molar-refractivity contribution < 1.29 is 4.42 Å². The fourth-order valence-corrected chi connectivity index (χ4v) is 1.92. The molecule has 2 heterocycles. The SMILES string of the molecule is Cc1cnc2[nH]c(=O)oc2c1C(C)(C)C. The summed E-state index contributed by atoms with van der Waals surface area (Å²) in [6.07, 6.45) is 1.76. The summed E-state index contributed by atoms with van der Waals surface area (Å²) in [4.78, 5) is 17.8. The number of hydrogen-bond donors (Lipinski definition) is 1. The van der Waals surface area contributed by atoms with Crippen LogP contribution in [0.4, 0.5) is 0 Å². The van der Waals surface area contributed by atoms with Crippen LogP contribution in [0.3, 0.4) is 0 Å². The standard InChI is InChI=1S/C11H14N2O2/c1-6-5-12-9-8(15-10(14)13-9)7(6)11(2,3)4/h5H,1-4H3,(H,12,13,14). The molecule has 4 nitrogen and oxygen atoms in total. The third-order valence-electron chi connectivity index (χ3n) is 2.39. The van der Waals surface area contributed by atoms with Crippen molar-refractivity contribution in [3.8, 4) is 0 Å². The van der Waals surface area contributed by atoms with Crippen molar-refractivity contribution in [1.82, 2.24) is 9.97 Å². The lowest BCUT2D eigenvalue weighted by atomic mass is 9.84. The molecule has 0 saturated carbocycles. The zero-order chi connectivity index (χ0) is 11.2. The van der Waals surface area contributed by atoms with Crippen LogP contribution in [0.15, 0.2) is 15.4 Å². The number of hydrogen-bond acceptors (Lipinski definition) is 3. The van der Waals surface area contributed by atoms with Gasteiger partial charge in [-0.25, -0.2) is 9.78 Å². The Hall–Kier alpha value is -1.58. The first kappa shape index (κ1) is 9.96. The highest BCUT2D eigenvalue weighted by Crippen LogP contribution is 2.30. The normalized spacial score (nSPS) is 12.3. The number of aromatic amines is 1. The number of rotatable bonds is 0. The van der Waals surface area contributed by atoms with Crippen LogP contribution >= 0.6 is 0 Å². The molecule has 2 rings (SSSR count). The predicted molar refractivity (Wildman–Crippen MR) is 58.1 cm³/mol. The van der Waals surface area contributed by atoms with Gasteiger partial charge in [-0.2, -0.15) is 0 Å². The second-order valence-electron chi connectivity index (χ2n) is 4.76. The minimum atomic E-state index is -0.450. The maximum absolute atomic E-state index is 11.1. The summed E-state index contributed by atoms with van der Waals surface area (Å²) < 4.78 is 5.13. The van der Waals surface area contributed by atoms with Crippen molar-refractivity contribution >= 4 is 11.2 Å². The molecule has 0 aromatic carbocycles. The molecule has 0 unspecified atom stereocenters. The Morgan fingerprint density at radius 3 is 2.67 bits per heavy atom. The highest BCUT2D eigenvalue weighted by Gasteiger charge is 2.22. The summed E-state index contributed by atoms with van der Waals surface area (Å²) in [6.45, 7) is 8.23. The first-order chi connectivity index (χ1) is 6.89. The Bertz CT molecular complexity index is 558. The monoisotopic (exact) mass is 206 g/mol. The number of fused-ring (bicyclic) bond motifs is 1. The summed E-state index contributed by atoms with van der Waals surface area (Å²) in [5.41, 5.74) is 3.11. The van der Waals surface area contributed by atoms with E-state index >= 15 is 0 Å². The van der Waals surface area contributed by atoms with Gasteiger partial charge >= 0.3 is 5.76 Å². The summed E-state index contributed by atoms with van der Waals surface area (Å²) >= 11 is 0. The van der Waals surface area contributed by atoms with Crippen molar-refractivity contribution in [2.24, 2.45) is 0 Å². The lowest BCUT2D eigenvalue weighted by Gasteiger charge is -2.20. The van der Waals surface area contributed by atoms with Gasteiger partial charge in [0.1, 0.15) is 0 Å². The molecule has 0 amide bonds. The smallest absolute Gasteiger partial charge is 0.406 e. The topological polar surface area (TPSA) is 58.9 Å². The maximum atomic E-state index is 11.1. The summed E-state index contributed by atoms with van der Waals surface area (Å²) in [5, 5.41) is 0. The number of nitrogens with zero attached hydrogens (tertiary/aromatic N) is 1. The summed E-state index contributed by atoms with van der Waals surface area (Å²) in [6, 6.07) is 0. The van der Waals surface area contributed by atoms with Gasteiger partial charge in [-0.3, -0.25) is 4.98 Å². The number of H-pyrrole nitrogens is 1. The highest BCUT2D eigenvalue weighted by molar-refractivity contribution is 5.74. The lowest BCUT2D eigenvalue weighted by molar-refractivity contribution is 0.527. The molecule has 0 aliphatic carbocycles. The molecule has 0 saturated heterocycles. The van der Waals surface area contributed by atoms with Gasteiger partial charge < -0.3 is 4.42 Å². The van der Waals surface area contributed by atoms with E-state index in [1.165, 1.54) is 0 Å². The largest absolute Gasteiger partial charge is 0.418 e. The molecular formula is C11H14N2O2. The summed E-state index contributed by atoms with van der Waals surface area (Å²) in [7, 11) is 0. The molecule has 0 radical (unpaired) electrons. The number of aromatic nitrogens is 2. The van der Waals surface area contributed by atoms with Crippen molar-refractivity contribution in [3.05, 3.63) is 27.9 Å². The van der Waals surface area contributed by atoms with E-state index in [2.05, 4.69) is 30.7 Å². The quantitative estimate of drug-likeness (QED) is 0.718. The zero-order valence-corrected chi connectivity index (χ0v) is 9.34. The van der Waals surface area contributed by atoms with Crippen LogP contribution < -0.4 is 5.76 Å². The van der Waals surface area contributed by atoms with E-state index in [4.69, 9.17) is 4.42 Å². The Labute approximate surface area is 87.3 Å². The van der Waals surface area contributed by atoms with Crippen LogP contribution in [-0.4, -0.2) is 9.97 Å². The van der Waals surface area contributed by atoms with Gasteiger partial charge in [-0.1, -0.05) is 20.8 Å². The molecule has 0 aliphatic rings. The fraction of sp³-hybridized carbons (Fsp3) is 0.455. The lowest BCUT2D eigenvalue weighted by Crippen LogP contribution is -2.13. The number of aryl methyl sites for hydroxylation is 1. The molecule has 80 valence electrons. The molecule has 2 aromatic heterocycles. The van der Waals surface area contributed by atoms with Crippen LogP contribution in [-0.2, 0) is 5.41 Å². The van der Waals surface area contributed by atoms with Crippen molar-refractivity contribution in [2.75, 3.05) is 0 Å². The van der Waals surface area contributed by atoms with Gasteiger partial charge in [-0.15, -0.1) is 0 Å². The zero-order valence-electron chi connectivity index (χ0n) is 9.34. The third-order valence-corrected chi connectivity index (χ3v) is 2.39. The van der Waals surface area contributed by atoms with Crippen LogP contribution in [0.25, 0.3) is 11.2 Å². The molecule has 2 aromatic rings. The first-order valence-electron chi connectivity index (χ1n) is 4.88. The molecule has 0 spiro atoms. The van der Waals surface area contributed by atoms with E-state index in [0.29, 0.717) is 11.2 Å². The minimum Gasteiger partial charge on any atom is -0.406 e.